The molecule has 0 spiro atoms. The number of aryl methyl sites for hydroxylation is 1. The van der Waals surface area contributed by atoms with E-state index in [0.717, 1.165) is 31.5 Å². The molecule has 0 bridgehead atoms. The normalized spacial score (nSPS) is 25.4. The number of hydrogen-bond acceptors (Lipinski definition) is 4. The number of aliphatic hydroxyl groups excluding tert-OH is 1. The topological polar surface area (TPSA) is 58.0 Å². The van der Waals surface area contributed by atoms with Crippen LogP contribution < -0.4 is 5.32 Å². The van der Waals surface area contributed by atoms with Crippen LogP contribution in [0.15, 0.2) is 12.3 Å². The van der Waals surface area contributed by atoms with Crippen molar-refractivity contribution < 1.29 is 5.11 Å². The molecule has 1 aliphatic carbocycles. The first-order valence-electron chi connectivity index (χ1n) is 5.95. The van der Waals surface area contributed by atoms with Crippen molar-refractivity contribution >= 4 is 5.95 Å². The van der Waals surface area contributed by atoms with Crippen molar-refractivity contribution in [2.75, 3.05) is 11.9 Å². The molecule has 16 heavy (non-hydrogen) atoms. The fourth-order valence-corrected chi connectivity index (χ4v) is 2.22. The molecule has 1 aliphatic rings. The molecule has 0 radical (unpaired) electrons. The lowest BCUT2D eigenvalue weighted by molar-refractivity contribution is 0.104. The molecule has 0 amide bonds. The minimum absolute atomic E-state index is 0.112. The van der Waals surface area contributed by atoms with Gasteiger partial charge in [0.05, 0.1) is 6.10 Å². The number of nitrogens with zero attached hydrogens (tertiary/aromatic N) is 2. The lowest BCUT2D eigenvalue weighted by atomic mass is 9.87. The monoisotopic (exact) mass is 221 g/mol. The lowest BCUT2D eigenvalue weighted by Crippen LogP contribution is -2.25. The summed E-state index contributed by atoms with van der Waals surface area (Å²) in [4.78, 5) is 8.45. The van der Waals surface area contributed by atoms with E-state index in [9.17, 15) is 5.11 Å². The van der Waals surface area contributed by atoms with Crippen LogP contribution >= 0.6 is 0 Å². The zero-order chi connectivity index (χ0) is 11.4. The van der Waals surface area contributed by atoms with E-state index in [-0.39, 0.29) is 6.10 Å². The van der Waals surface area contributed by atoms with Gasteiger partial charge in [0.25, 0.3) is 0 Å². The third-order valence-corrected chi connectivity index (χ3v) is 3.10. The van der Waals surface area contributed by atoms with Crippen LogP contribution in [0, 0.1) is 12.8 Å². The van der Waals surface area contributed by atoms with E-state index >= 15 is 0 Å². The maximum atomic E-state index is 9.56. The van der Waals surface area contributed by atoms with E-state index in [1.54, 1.807) is 6.20 Å². The number of anilines is 1. The summed E-state index contributed by atoms with van der Waals surface area (Å²) in [5.41, 5.74) is 0.973. The number of aliphatic hydroxyl groups is 1. The Hall–Kier alpha value is -1.16. The van der Waals surface area contributed by atoms with Crippen LogP contribution in [0.1, 0.15) is 31.4 Å². The van der Waals surface area contributed by atoms with Crippen LogP contribution in [-0.4, -0.2) is 27.7 Å². The minimum atomic E-state index is -0.112. The van der Waals surface area contributed by atoms with Crippen LogP contribution in [-0.2, 0) is 0 Å². The summed E-state index contributed by atoms with van der Waals surface area (Å²) in [6, 6.07) is 1.88. The Morgan fingerprint density at radius 2 is 2.38 bits per heavy atom. The van der Waals surface area contributed by atoms with Gasteiger partial charge in [-0.15, -0.1) is 0 Å². The van der Waals surface area contributed by atoms with Crippen molar-refractivity contribution in [3.8, 4) is 0 Å². The number of rotatable bonds is 3. The maximum Gasteiger partial charge on any atom is 0.222 e. The van der Waals surface area contributed by atoms with Gasteiger partial charge in [-0.25, -0.2) is 9.97 Å². The van der Waals surface area contributed by atoms with E-state index in [1.165, 1.54) is 6.42 Å². The number of nitrogens with one attached hydrogen (secondary N) is 1. The third-order valence-electron chi connectivity index (χ3n) is 3.10. The van der Waals surface area contributed by atoms with Gasteiger partial charge in [0.15, 0.2) is 0 Å². The third kappa shape index (κ3) is 3.17. The summed E-state index contributed by atoms with van der Waals surface area (Å²) < 4.78 is 0. The van der Waals surface area contributed by atoms with Gasteiger partial charge in [-0.3, -0.25) is 0 Å². The molecule has 1 fully saturated rings. The van der Waals surface area contributed by atoms with Gasteiger partial charge in [0.1, 0.15) is 0 Å². The Kier molecular flexibility index (Phi) is 3.72. The molecular weight excluding hydrogens is 202 g/mol. The Morgan fingerprint density at radius 3 is 3.12 bits per heavy atom. The second-order valence-corrected chi connectivity index (χ2v) is 4.59. The maximum absolute atomic E-state index is 9.56. The largest absolute Gasteiger partial charge is 0.393 e. The average Bonchev–Trinajstić information content (AvgIpc) is 2.27. The number of aromatic nitrogens is 2. The number of hydrogen-bond donors (Lipinski definition) is 2. The summed E-state index contributed by atoms with van der Waals surface area (Å²) in [5.74, 6) is 1.24. The molecule has 2 N–H and O–H groups in total. The lowest BCUT2D eigenvalue weighted by Gasteiger charge is -2.25. The summed E-state index contributed by atoms with van der Waals surface area (Å²) in [6.07, 6.45) is 5.83. The Balaban J connectivity index is 1.82. The molecule has 88 valence electrons. The summed E-state index contributed by atoms with van der Waals surface area (Å²) in [5, 5.41) is 12.8. The second kappa shape index (κ2) is 5.25. The highest BCUT2D eigenvalue weighted by Gasteiger charge is 2.19. The highest BCUT2D eigenvalue weighted by molar-refractivity contribution is 5.24. The minimum Gasteiger partial charge on any atom is -0.393 e. The van der Waals surface area contributed by atoms with E-state index in [2.05, 4.69) is 15.3 Å². The molecule has 1 aromatic heterocycles. The first kappa shape index (κ1) is 11.3. The van der Waals surface area contributed by atoms with Gasteiger partial charge in [0, 0.05) is 18.4 Å². The van der Waals surface area contributed by atoms with Crippen molar-refractivity contribution in [2.24, 2.45) is 5.92 Å². The van der Waals surface area contributed by atoms with E-state index in [1.807, 2.05) is 13.0 Å². The van der Waals surface area contributed by atoms with Crippen molar-refractivity contribution in [3.05, 3.63) is 18.0 Å². The Morgan fingerprint density at radius 1 is 1.50 bits per heavy atom. The molecule has 4 heteroatoms. The first-order valence-corrected chi connectivity index (χ1v) is 5.95. The zero-order valence-electron chi connectivity index (χ0n) is 9.69. The molecule has 2 atom stereocenters. The fourth-order valence-electron chi connectivity index (χ4n) is 2.22. The first-order chi connectivity index (χ1) is 7.74. The molecule has 1 saturated carbocycles. The van der Waals surface area contributed by atoms with Crippen LogP contribution in [0.3, 0.4) is 0 Å². The highest BCUT2D eigenvalue weighted by Crippen LogP contribution is 2.24. The summed E-state index contributed by atoms with van der Waals surface area (Å²) in [6.45, 7) is 2.82. The molecule has 2 rings (SSSR count). The summed E-state index contributed by atoms with van der Waals surface area (Å²) >= 11 is 0. The zero-order valence-corrected chi connectivity index (χ0v) is 9.69. The highest BCUT2D eigenvalue weighted by atomic mass is 16.3. The average molecular weight is 221 g/mol. The van der Waals surface area contributed by atoms with Gasteiger partial charge in [-0.2, -0.15) is 0 Å². The van der Waals surface area contributed by atoms with Crippen molar-refractivity contribution in [1.82, 2.24) is 9.97 Å². The summed E-state index contributed by atoms with van der Waals surface area (Å²) in [7, 11) is 0. The van der Waals surface area contributed by atoms with Gasteiger partial charge < -0.3 is 10.4 Å². The smallest absolute Gasteiger partial charge is 0.222 e. The van der Waals surface area contributed by atoms with Gasteiger partial charge in [-0.1, -0.05) is 6.42 Å². The molecule has 2 unspecified atom stereocenters. The Labute approximate surface area is 96.1 Å². The van der Waals surface area contributed by atoms with E-state index in [0.29, 0.717) is 11.9 Å². The second-order valence-electron chi connectivity index (χ2n) is 4.59. The predicted octanol–water partition coefficient (Wildman–Crippen LogP) is 1.75. The fraction of sp³-hybridized carbons (Fsp3) is 0.667. The van der Waals surface area contributed by atoms with Crippen LogP contribution in [0.5, 0.6) is 0 Å². The molecule has 0 aliphatic heterocycles. The Bertz CT molecular complexity index is 343. The van der Waals surface area contributed by atoms with Gasteiger partial charge >= 0.3 is 0 Å². The molecule has 4 nitrogen and oxygen atoms in total. The molecule has 1 heterocycles. The van der Waals surface area contributed by atoms with Crippen molar-refractivity contribution in [3.63, 3.8) is 0 Å². The van der Waals surface area contributed by atoms with E-state index in [4.69, 9.17) is 0 Å². The predicted molar refractivity (Wildman–Crippen MR) is 63.2 cm³/mol. The molecule has 0 saturated heterocycles. The van der Waals surface area contributed by atoms with Gasteiger partial charge in [-0.05, 0) is 38.2 Å². The molecule has 0 aromatic carbocycles. The van der Waals surface area contributed by atoms with Crippen LogP contribution in [0.25, 0.3) is 0 Å². The standard InChI is InChI=1S/C12H19N3O/c1-9-5-6-13-12(15-9)14-8-10-3-2-4-11(16)7-10/h5-6,10-11,16H,2-4,7-8H2,1H3,(H,13,14,15). The SMILES string of the molecule is Cc1ccnc(NCC2CCCC(O)C2)n1. The quantitative estimate of drug-likeness (QED) is 0.816. The van der Waals surface area contributed by atoms with Crippen molar-refractivity contribution in [2.45, 2.75) is 38.7 Å². The van der Waals surface area contributed by atoms with Crippen molar-refractivity contribution in [1.29, 1.82) is 0 Å². The van der Waals surface area contributed by atoms with E-state index < -0.39 is 0 Å². The molecule has 1 aromatic rings. The van der Waals surface area contributed by atoms with Gasteiger partial charge in [0.2, 0.25) is 5.95 Å². The van der Waals surface area contributed by atoms with Crippen LogP contribution in [0.2, 0.25) is 0 Å². The molecular formula is C12H19N3O. The van der Waals surface area contributed by atoms with Crippen LogP contribution in [0.4, 0.5) is 5.95 Å².